The highest BCUT2D eigenvalue weighted by molar-refractivity contribution is 5.70. The van der Waals surface area contributed by atoms with Gasteiger partial charge in [0.15, 0.2) is 0 Å². The predicted octanol–water partition coefficient (Wildman–Crippen LogP) is 3.75. The van der Waals surface area contributed by atoms with Crippen LogP contribution in [0.3, 0.4) is 0 Å². The van der Waals surface area contributed by atoms with Crippen molar-refractivity contribution in [2.45, 2.75) is 44.4 Å². The third-order valence-electron chi connectivity index (χ3n) is 5.42. The molecule has 0 aromatic heterocycles. The van der Waals surface area contributed by atoms with Crippen LogP contribution in [0.1, 0.15) is 48.9 Å². The summed E-state index contributed by atoms with van der Waals surface area (Å²) in [6, 6.07) is 17.3. The third kappa shape index (κ3) is 4.15. The molecular formula is C22H27NO4. The van der Waals surface area contributed by atoms with Crippen molar-refractivity contribution < 1.29 is 19.7 Å². The van der Waals surface area contributed by atoms with Gasteiger partial charge < -0.3 is 19.8 Å². The van der Waals surface area contributed by atoms with Crippen LogP contribution in [0.4, 0.5) is 4.79 Å². The second-order valence-electron chi connectivity index (χ2n) is 7.07. The number of carbonyl (C=O) groups is 1. The van der Waals surface area contributed by atoms with Crippen molar-refractivity contribution in [2.24, 2.45) is 0 Å². The smallest absolute Gasteiger partial charge is 0.411 e. The van der Waals surface area contributed by atoms with E-state index in [2.05, 4.69) is 0 Å². The first-order chi connectivity index (χ1) is 13.1. The number of cyclic esters (lactones) is 1. The standard InChI is InChI=1S/C22H27NO4/c1-17(19-10-8-18(16-25)9-11-19)23-14-13-22(12-5-15-24,27-21(23)26)20-6-3-2-4-7-20/h2-4,6-11,17,24-25H,5,12-16H2,1H3. The highest BCUT2D eigenvalue weighted by atomic mass is 16.6. The lowest BCUT2D eigenvalue weighted by molar-refractivity contribution is -0.0680. The van der Waals surface area contributed by atoms with E-state index in [0.29, 0.717) is 25.8 Å². The maximum absolute atomic E-state index is 12.9. The predicted molar refractivity (Wildman–Crippen MR) is 103 cm³/mol. The number of aliphatic hydroxyl groups excluding tert-OH is 2. The Balaban J connectivity index is 1.78. The molecule has 0 aliphatic carbocycles. The van der Waals surface area contributed by atoms with Gasteiger partial charge in [-0.1, -0.05) is 54.6 Å². The molecule has 0 radical (unpaired) electrons. The molecule has 1 saturated heterocycles. The molecule has 0 saturated carbocycles. The molecule has 27 heavy (non-hydrogen) atoms. The van der Waals surface area contributed by atoms with Crippen LogP contribution in [0.15, 0.2) is 54.6 Å². The van der Waals surface area contributed by atoms with E-state index in [9.17, 15) is 15.0 Å². The molecule has 2 unspecified atom stereocenters. The summed E-state index contributed by atoms with van der Waals surface area (Å²) < 4.78 is 6.00. The Hall–Kier alpha value is -2.37. The zero-order valence-electron chi connectivity index (χ0n) is 15.7. The zero-order chi connectivity index (χ0) is 19.3. The molecule has 0 spiro atoms. The summed E-state index contributed by atoms with van der Waals surface area (Å²) in [6.45, 7) is 2.65. The molecule has 1 aliphatic rings. The molecule has 1 aliphatic heterocycles. The van der Waals surface area contributed by atoms with Gasteiger partial charge in [-0.2, -0.15) is 0 Å². The Kier molecular flexibility index (Phi) is 6.14. The number of amides is 1. The average molecular weight is 369 g/mol. The fourth-order valence-corrected chi connectivity index (χ4v) is 3.73. The highest BCUT2D eigenvalue weighted by Gasteiger charge is 2.43. The number of nitrogens with zero attached hydrogens (tertiary/aromatic N) is 1. The average Bonchev–Trinajstić information content (AvgIpc) is 2.72. The number of aliphatic hydroxyl groups is 2. The van der Waals surface area contributed by atoms with Gasteiger partial charge >= 0.3 is 6.09 Å². The molecule has 1 heterocycles. The SMILES string of the molecule is CC(c1ccc(CO)cc1)N1CCC(CCCO)(c2ccccc2)OC1=O. The van der Waals surface area contributed by atoms with E-state index < -0.39 is 5.60 Å². The Morgan fingerprint density at radius 1 is 1.11 bits per heavy atom. The summed E-state index contributed by atoms with van der Waals surface area (Å²) in [5.74, 6) is 0. The number of hydrogen-bond acceptors (Lipinski definition) is 4. The first-order valence-electron chi connectivity index (χ1n) is 9.45. The molecule has 3 rings (SSSR count). The van der Waals surface area contributed by atoms with E-state index in [0.717, 1.165) is 16.7 Å². The Labute approximate surface area is 160 Å². The number of carbonyl (C=O) groups excluding carboxylic acids is 1. The number of ether oxygens (including phenoxy) is 1. The van der Waals surface area contributed by atoms with Gasteiger partial charge in [-0.3, -0.25) is 0 Å². The van der Waals surface area contributed by atoms with Crippen molar-refractivity contribution in [1.29, 1.82) is 0 Å². The lowest BCUT2D eigenvalue weighted by Crippen LogP contribution is -2.48. The van der Waals surface area contributed by atoms with Crippen LogP contribution < -0.4 is 0 Å². The van der Waals surface area contributed by atoms with Crippen molar-refractivity contribution >= 4 is 6.09 Å². The molecule has 5 nitrogen and oxygen atoms in total. The Morgan fingerprint density at radius 3 is 2.41 bits per heavy atom. The fraction of sp³-hybridized carbons (Fsp3) is 0.409. The minimum Gasteiger partial charge on any atom is -0.438 e. The third-order valence-corrected chi connectivity index (χ3v) is 5.42. The molecule has 2 N–H and O–H groups in total. The van der Waals surface area contributed by atoms with Crippen LogP contribution in [0, 0.1) is 0 Å². The van der Waals surface area contributed by atoms with E-state index in [4.69, 9.17) is 4.74 Å². The van der Waals surface area contributed by atoms with E-state index in [1.807, 2.05) is 61.5 Å². The van der Waals surface area contributed by atoms with Crippen molar-refractivity contribution in [2.75, 3.05) is 13.2 Å². The van der Waals surface area contributed by atoms with Gasteiger partial charge in [-0.05, 0) is 36.5 Å². The highest BCUT2D eigenvalue weighted by Crippen LogP contribution is 2.40. The molecule has 2 atom stereocenters. The van der Waals surface area contributed by atoms with Gasteiger partial charge in [0.2, 0.25) is 0 Å². The number of hydrogen-bond donors (Lipinski definition) is 2. The minimum absolute atomic E-state index is 0.00483. The van der Waals surface area contributed by atoms with Gasteiger partial charge in [-0.25, -0.2) is 4.79 Å². The first kappa shape index (κ1) is 19.4. The Morgan fingerprint density at radius 2 is 1.81 bits per heavy atom. The van der Waals surface area contributed by atoms with E-state index in [-0.39, 0.29) is 25.3 Å². The summed E-state index contributed by atoms with van der Waals surface area (Å²) in [5, 5.41) is 18.5. The van der Waals surface area contributed by atoms with E-state index in [1.54, 1.807) is 4.90 Å². The van der Waals surface area contributed by atoms with Crippen LogP contribution in [0.25, 0.3) is 0 Å². The molecule has 1 amide bonds. The van der Waals surface area contributed by atoms with Crippen molar-refractivity contribution in [3.05, 3.63) is 71.3 Å². The summed E-state index contributed by atoms with van der Waals surface area (Å²) in [7, 11) is 0. The van der Waals surface area contributed by atoms with Crippen LogP contribution in [0.2, 0.25) is 0 Å². The second-order valence-corrected chi connectivity index (χ2v) is 7.07. The van der Waals surface area contributed by atoms with Crippen LogP contribution in [0.5, 0.6) is 0 Å². The molecule has 0 bridgehead atoms. The van der Waals surface area contributed by atoms with Crippen LogP contribution in [-0.4, -0.2) is 34.4 Å². The summed E-state index contributed by atoms with van der Waals surface area (Å²) in [4.78, 5) is 14.6. The lowest BCUT2D eigenvalue weighted by Gasteiger charge is -2.43. The monoisotopic (exact) mass is 369 g/mol. The summed E-state index contributed by atoms with van der Waals surface area (Å²) in [5.41, 5.74) is 2.15. The van der Waals surface area contributed by atoms with E-state index in [1.165, 1.54) is 0 Å². The van der Waals surface area contributed by atoms with Crippen LogP contribution in [-0.2, 0) is 16.9 Å². The normalized spacial score (nSPS) is 21.0. The lowest BCUT2D eigenvalue weighted by atomic mass is 9.84. The van der Waals surface area contributed by atoms with Crippen LogP contribution >= 0.6 is 0 Å². The molecule has 2 aromatic rings. The molecular weight excluding hydrogens is 342 g/mol. The summed E-state index contributed by atoms with van der Waals surface area (Å²) >= 11 is 0. The number of benzene rings is 2. The number of rotatable bonds is 7. The maximum Gasteiger partial charge on any atom is 0.411 e. The van der Waals surface area contributed by atoms with Crippen molar-refractivity contribution in [1.82, 2.24) is 4.90 Å². The molecule has 1 fully saturated rings. The molecule has 2 aromatic carbocycles. The topological polar surface area (TPSA) is 70.0 Å². The van der Waals surface area contributed by atoms with Gasteiger partial charge in [0.05, 0.1) is 12.6 Å². The van der Waals surface area contributed by atoms with Gasteiger partial charge in [-0.15, -0.1) is 0 Å². The zero-order valence-corrected chi connectivity index (χ0v) is 15.7. The van der Waals surface area contributed by atoms with Gasteiger partial charge in [0.25, 0.3) is 0 Å². The van der Waals surface area contributed by atoms with Crippen molar-refractivity contribution in [3.63, 3.8) is 0 Å². The second kappa shape index (κ2) is 8.55. The fourth-order valence-electron chi connectivity index (χ4n) is 3.73. The molecule has 144 valence electrons. The largest absolute Gasteiger partial charge is 0.438 e. The van der Waals surface area contributed by atoms with Gasteiger partial charge in [0, 0.05) is 19.6 Å². The quantitative estimate of drug-likeness (QED) is 0.780. The van der Waals surface area contributed by atoms with Gasteiger partial charge in [0.1, 0.15) is 5.60 Å². The maximum atomic E-state index is 12.9. The van der Waals surface area contributed by atoms with E-state index >= 15 is 0 Å². The summed E-state index contributed by atoms with van der Waals surface area (Å²) in [6.07, 6.45) is 1.54. The molecule has 5 heteroatoms. The first-order valence-corrected chi connectivity index (χ1v) is 9.45. The van der Waals surface area contributed by atoms with Crippen molar-refractivity contribution in [3.8, 4) is 0 Å². The minimum atomic E-state index is -0.683. The Bertz CT molecular complexity index is 747.